The second-order valence-corrected chi connectivity index (χ2v) is 10.5. The fourth-order valence-electron chi connectivity index (χ4n) is 5.16. The van der Waals surface area contributed by atoms with E-state index in [1.165, 1.54) is 10.9 Å². The number of Topliss-reactive ketones (excluding diaryl/α,β-unsaturated/α-hetero) is 1. The maximum absolute atomic E-state index is 14.8. The van der Waals surface area contributed by atoms with Crippen molar-refractivity contribution >= 4 is 15.6 Å². The van der Waals surface area contributed by atoms with Crippen LogP contribution in [-0.2, 0) is 58.0 Å². The van der Waals surface area contributed by atoms with Crippen molar-refractivity contribution in [1.29, 1.82) is 0 Å². The van der Waals surface area contributed by atoms with Gasteiger partial charge in [-0.1, -0.05) is 0 Å². The van der Waals surface area contributed by atoms with Gasteiger partial charge in [0, 0.05) is 13.5 Å². The minimum Gasteiger partial charge on any atom is -0.474 e. The summed E-state index contributed by atoms with van der Waals surface area (Å²) in [6.45, 7) is 0.621. The Morgan fingerprint density at radius 2 is 1.84 bits per heavy atom. The Morgan fingerprint density at radius 3 is 2.48 bits per heavy atom. The number of benzene rings is 1. The monoisotopic (exact) mass is 448 g/mol. The molecular formula is C22H25FN2O5S. The Balaban J connectivity index is 1.40. The highest BCUT2D eigenvalue weighted by atomic mass is 32.2. The van der Waals surface area contributed by atoms with Crippen molar-refractivity contribution in [2.24, 2.45) is 0 Å². The van der Waals surface area contributed by atoms with Crippen LogP contribution >= 0.6 is 0 Å². The number of rotatable bonds is 6. The van der Waals surface area contributed by atoms with Crippen LogP contribution in [0.4, 0.5) is 4.39 Å². The van der Waals surface area contributed by atoms with Crippen LogP contribution in [0.1, 0.15) is 40.7 Å². The Labute approximate surface area is 180 Å². The molecule has 1 atom stereocenters. The first-order valence-electron chi connectivity index (χ1n) is 10.7. The van der Waals surface area contributed by atoms with E-state index in [1.807, 2.05) is 0 Å². The number of hydrogen-bond acceptors (Lipinski definition) is 6. The van der Waals surface area contributed by atoms with Crippen LogP contribution in [0.2, 0.25) is 0 Å². The molecule has 3 aliphatic rings. The Kier molecular flexibility index (Phi) is 5.13. The van der Waals surface area contributed by atoms with Gasteiger partial charge in [-0.3, -0.25) is 4.79 Å². The van der Waals surface area contributed by atoms with E-state index in [2.05, 4.69) is 5.10 Å². The summed E-state index contributed by atoms with van der Waals surface area (Å²) in [7, 11) is -2.35. The van der Waals surface area contributed by atoms with Crippen molar-refractivity contribution in [1.82, 2.24) is 9.78 Å². The third-order valence-corrected chi connectivity index (χ3v) is 8.28. The van der Waals surface area contributed by atoms with E-state index in [9.17, 15) is 17.6 Å². The maximum Gasteiger partial charge on any atom is 0.231 e. The van der Waals surface area contributed by atoms with E-state index in [-0.39, 0.29) is 41.5 Å². The number of halogens is 1. The van der Waals surface area contributed by atoms with Crippen LogP contribution in [0.25, 0.3) is 0 Å². The molecule has 1 unspecified atom stereocenters. The second-order valence-electron chi connectivity index (χ2n) is 8.55. The van der Waals surface area contributed by atoms with Gasteiger partial charge in [0.05, 0.1) is 12.7 Å². The number of nitrogens with zero attached hydrogens (tertiary/aromatic N) is 2. The standard InChI is InChI=1S/C22H25FN2O5S/c1-29-14-10-25-22(30-11-14)20(9-24-25)31(27,28)12-13(26)8-19-15-4-2-6-17(15)21(23)18-7-3-5-16(18)19/h9,14H,2-8,10-12H2,1H3. The molecule has 7 nitrogen and oxygen atoms in total. The first kappa shape index (κ1) is 20.6. The van der Waals surface area contributed by atoms with Gasteiger partial charge in [0.2, 0.25) is 5.88 Å². The normalized spacial score (nSPS) is 19.6. The van der Waals surface area contributed by atoms with Crippen LogP contribution in [-0.4, -0.2) is 49.6 Å². The molecule has 0 radical (unpaired) electrons. The molecule has 2 aliphatic carbocycles. The lowest BCUT2D eigenvalue weighted by Crippen LogP contribution is -2.32. The quantitative estimate of drug-likeness (QED) is 0.672. The molecule has 1 aromatic heterocycles. The van der Waals surface area contributed by atoms with Crippen LogP contribution in [0.5, 0.6) is 5.88 Å². The summed E-state index contributed by atoms with van der Waals surface area (Å²) < 4.78 is 53.1. The molecule has 0 N–H and O–H groups in total. The zero-order valence-corrected chi connectivity index (χ0v) is 18.3. The van der Waals surface area contributed by atoms with E-state index >= 15 is 0 Å². The predicted octanol–water partition coefficient (Wildman–Crippen LogP) is 1.99. The third-order valence-electron chi connectivity index (χ3n) is 6.63. The molecule has 9 heteroatoms. The van der Waals surface area contributed by atoms with Crippen molar-refractivity contribution < 1.29 is 27.1 Å². The van der Waals surface area contributed by atoms with E-state index < -0.39 is 15.6 Å². The average molecular weight is 449 g/mol. The fourth-order valence-corrected chi connectivity index (χ4v) is 6.48. The summed E-state index contributed by atoms with van der Waals surface area (Å²) in [5, 5.41) is 4.10. The Bertz CT molecular complexity index is 1140. The smallest absolute Gasteiger partial charge is 0.231 e. The van der Waals surface area contributed by atoms with Crippen molar-refractivity contribution in [3.8, 4) is 5.88 Å². The number of methoxy groups -OCH3 is 1. The van der Waals surface area contributed by atoms with E-state index in [4.69, 9.17) is 9.47 Å². The highest BCUT2D eigenvalue weighted by molar-refractivity contribution is 7.92. The van der Waals surface area contributed by atoms with E-state index in [0.29, 0.717) is 19.4 Å². The zero-order chi connectivity index (χ0) is 21.8. The average Bonchev–Trinajstić information content (AvgIpc) is 3.49. The molecule has 1 aromatic carbocycles. The molecule has 0 saturated carbocycles. The molecule has 5 rings (SSSR count). The van der Waals surface area contributed by atoms with Gasteiger partial charge in [-0.05, 0) is 66.3 Å². The summed E-state index contributed by atoms with van der Waals surface area (Å²) in [4.78, 5) is 12.8. The van der Waals surface area contributed by atoms with Crippen LogP contribution in [0.15, 0.2) is 11.1 Å². The van der Waals surface area contributed by atoms with Gasteiger partial charge >= 0.3 is 0 Å². The van der Waals surface area contributed by atoms with E-state index in [1.54, 1.807) is 7.11 Å². The molecule has 1 aliphatic heterocycles. The lowest BCUT2D eigenvalue weighted by Gasteiger charge is -2.23. The first-order valence-corrected chi connectivity index (χ1v) is 12.3. The molecule has 2 heterocycles. The minimum absolute atomic E-state index is 0.0280. The highest BCUT2D eigenvalue weighted by Gasteiger charge is 2.33. The lowest BCUT2D eigenvalue weighted by molar-refractivity contribution is -0.116. The van der Waals surface area contributed by atoms with Gasteiger partial charge in [0.25, 0.3) is 0 Å². The lowest BCUT2D eigenvalue weighted by atomic mass is 9.90. The summed E-state index contributed by atoms with van der Waals surface area (Å²) in [6, 6.07) is 0. The number of ether oxygens (including phenoxy) is 2. The number of hydrogen-bond donors (Lipinski definition) is 0. The van der Waals surface area contributed by atoms with Crippen LogP contribution in [0, 0.1) is 5.82 Å². The summed E-state index contributed by atoms with van der Waals surface area (Å²) in [6.07, 6.45) is 5.69. The van der Waals surface area contributed by atoms with Gasteiger partial charge in [0.1, 0.15) is 29.2 Å². The first-order chi connectivity index (χ1) is 14.9. The topological polar surface area (TPSA) is 87.5 Å². The van der Waals surface area contributed by atoms with Gasteiger partial charge in [-0.2, -0.15) is 5.10 Å². The number of ketones is 1. The van der Waals surface area contributed by atoms with Crippen LogP contribution in [0.3, 0.4) is 0 Å². The van der Waals surface area contributed by atoms with Crippen molar-refractivity contribution in [2.75, 3.05) is 19.5 Å². The SMILES string of the molecule is COC1COc2c(S(=O)(=O)CC(=O)Cc3c4c(c(F)c5c3CCC5)CCC4)cnn2C1. The molecular weight excluding hydrogens is 423 g/mol. The van der Waals surface area contributed by atoms with Gasteiger partial charge in [-0.15, -0.1) is 0 Å². The molecule has 0 saturated heterocycles. The largest absolute Gasteiger partial charge is 0.474 e. The molecule has 166 valence electrons. The Hall–Kier alpha value is -2.26. The van der Waals surface area contributed by atoms with E-state index in [0.717, 1.165) is 53.5 Å². The number of aromatic nitrogens is 2. The molecule has 2 aromatic rings. The maximum atomic E-state index is 14.8. The fraction of sp³-hybridized carbons (Fsp3) is 0.545. The highest BCUT2D eigenvalue weighted by Crippen LogP contribution is 2.38. The van der Waals surface area contributed by atoms with Gasteiger partial charge < -0.3 is 9.47 Å². The summed E-state index contributed by atoms with van der Waals surface area (Å²) in [5.41, 5.74) is 4.20. The molecule has 31 heavy (non-hydrogen) atoms. The second kappa shape index (κ2) is 7.70. The summed E-state index contributed by atoms with van der Waals surface area (Å²) >= 11 is 0. The minimum atomic E-state index is -3.91. The number of carbonyl (C=O) groups is 1. The third kappa shape index (κ3) is 3.47. The summed E-state index contributed by atoms with van der Waals surface area (Å²) in [5.74, 6) is -0.948. The van der Waals surface area contributed by atoms with Crippen LogP contribution < -0.4 is 4.74 Å². The zero-order valence-electron chi connectivity index (χ0n) is 17.4. The molecule has 0 fully saturated rings. The van der Waals surface area contributed by atoms with Crippen molar-refractivity contribution in [3.63, 3.8) is 0 Å². The van der Waals surface area contributed by atoms with Crippen molar-refractivity contribution in [2.45, 2.75) is 62.5 Å². The number of carbonyl (C=O) groups excluding carboxylic acids is 1. The predicted molar refractivity (Wildman–Crippen MR) is 110 cm³/mol. The van der Waals surface area contributed by atoms with Crippen molar-refractivity contribution in [3.05, 3.63) is 39.8 Å². The number of sulfone groups is 1. The molecule has 0 spiro atoms. The molecule has 0 amide bonds. The molecule has 0 bridgehead atoms. The van der Waals surface area contributed by atoms with Gasteiger partial charge in [0.15, 0.2) is 15.6 Å². The Morgan fingerprint density at radius 1 is 1.19 bits per heavy atom. The number of fused-ring (bicyclic) bond motifs is 3. The van der Waals surface area contributed by atoms with Gasteiger partial charge in [-0.25, -0.2) is 17.5 Å².